The van der Waals surface area contributed by atoms with Crippen LogP contribution < -0.4 is 10.2 Å². The van der Waals surface area contributed by atoms with Crippen molar-refractivity contribution in [2.24, 2.45) is 0 Å². The Morgan fingerprint density at radius 3 is 2.73 bits per heavy atom. The highest BCUT2D eigenvalue weighted by Gasteiger charge is 2.23. The highest BCUT2D eigenvalue weighted by molar-refractivity contribution is 5.92. The number of carbonyl (C=O) groups excluding carboxylic acids is 1. The molecule has 0 bridgehead atoms. The maximum absolute atomic E-state index is 11.9. The molecule has 0 spiro atoms. The first-order valence-electron chi connectivity index (χ1n) is 7.68. The van der Waals surface area contributed by atoms with E-state index >= 15 is 0 Å². The third-order valence-corrected chi connectivity index (χ3v) is 4.05. The molecule has 0 aliphatic carbocycles. The lowest BCUT2D eigenvalue weighted by molar-refractivity contribution is 0.195. The van der Waals surface area contributed by atoms with E-state index < -0.39 is 0 Å². The number of rotatable bonds is 2. The van der Waals surface area contributed by atoms with Crippen LogP contribution in [0.5, 0.6) is 0 Å². The number of piperazine rings is 1. The molecule has 22 heavy (non-hydrogen) atoms. The summed E-state index contributed by atoms with van der Waals surface area (Å²) in [6.07, 6.45) is 1.62. The van der Waals surface area contributed by atoms with Crippen molar-refractivity contribution in [3.63, 3.8) is 0 Å². The number of anilines is 1. The quantitative estimate of drug-likeness (QED) is 0.918. The van der Waals surface area contributed by atoms with Gasteiger partial charge in [0.2, 0.25) is 0 Å². The van der Waals surface area contributed by atoms with Crippen molar-refractivity contribution in [1.82, 2.24) is 20.2 Å². The van der Waals surface area contributed by atoms with Crippen molar-refractivity contribution in [3.05, 3.63) is 30.1 Å². The number of hydrogen-bond donors (Lipinski definition) is 1. The third kappa shape index (κ3) is 2.68. The third-order valence-electron chi connectivity index (χ3n) is 4.05. The Hall–Kier alpha value is -2.37. The summed E-state index contributed by atoms with van der Waals surface area (Å²) in [4.78, 5) is 24.8. The molecule has 6 nitrogen and oxygen atoms in total. The molecule has 1 N–H and O–H groups in total. The molecular weight excluding hydrogens is 278 g/mol. The average Bonchev–Trinajstić information content (AvgIpc) is 2.55. The molecule has 2 heterocycles. The average molecular weight is 299 g/mol. The Labute approximate surface area is 130 Å². The standard InChI is InChI=1S/C16H21N5O/c1-3-17-16(22)21-9-7-20(8-10-21)15-14-12(2)5-4-6-13(14)18-11-19-15/h4-6,11H,3,7-10H2,1-2H3,(H,17,22). The Morgan fingerprint density at radius 2 is 2.00 bits per heavy atom. The lowest BCUT2D eigenvalue weighted by Gasteiger charge is -2.35. The summed E-state index contributed by atoms with van der Waals surface area (Å²) in [5.74, 6) is 0.971. The Bertz CT molecular complexity index is 674. The fourth-order valence-electron chi connectivity index (χ4n) is 2.89. The number of benzene rings is 1. The molecule has 0 saturated carbocycles. The van der Waals surface area contributed by atoms with E-state index in [9.17, 15) is 4.79 Å². The molecule has 3 rings (SSSR count). The summed E-state index contributed by atoms with van der Waals surface area (Å²) in [6, 6.07) is 6.13. The van der Waals surface area contributed by atoms with Crippen LogP contribution in [0.25, 0.3) is 10.9 Å². The minimum atomic E-state index is 0.0193. The van der Waals surface area contributed by atoms with Gasteiger partial charge >= 0.3 is 6.03 Å². The van der Waals surface area contributed by atoms with E-state index in [2.05, 4.69) is 33.2 Å². The number of carbonyl (C=O) groups is 1. The summed E-state index contributed by atoms with van der Waals surface area (Å²) in [5, 5.41) is 3.96. The van der Waals surface area contributed by atoms with E-state index in [1.165, 1.54) is 5.56 Å². The molecule has 1 aliphatic heterocycles. The second kappa shape index (κ2) is 6.17. The zero-order valence-corrected chi connectivity index (χ0v) is 13.0. The van der Waals surface area contributed by atoms with Gasteiger partial charge in [-0.15, -0.1) is 0 Å². The normalized spacial score (nSPS) is 15.2. The first-order chi connectivity index (χ1) is 10.7. The minimum absolute atomic E-state index is 0.0193. The van der Waals surface area contributed by atoms with Gasteiger partial charge in [-0.1, -0.05) is 12.1 Å². The van der Waals surface area contributed by atoms with Crippen molar-refractivity contribution in [3.8, 4) is 0 Å². The molecule has 6 heteroatoms. The Balaban J connectivity index is 1.81. The molecule has 116 valence electrons. The van der Waals surface area contributed by atoms with E-state index in [0.717, 1.165) is 29.8 Å². The van der Waals surface area contributed by atoms with Crippen LogP contribution in [0.3, 0.4) is 0 Å². The molecule has 1 fully saturated rings. The number of aromatic nitrogens is 2. The molecule has 0 atom stereocenters. The van der Waals surface area contributed by atoms with Crippen LogP contribution in [0.1, 0.15) is 12.5 Å². The summed E-state index contributed by atoms with van der Waals surface area (Å²) in [7, 11) is 0. The van der Waals surface area contributed by atoms with Gasteiger partial charge in [-0.3, -0.25) is 0 Å². The van der Waals surface area contributed by atoms with Gasteiger partial charge in [0, 0.05) is 38.1 Å². The number of hydrogen-bond acceptors (Lipinski definition) is 4. The van der Waals surface area contributed by atoms with Crippen molar-refractivity contribution < 1.29 is 4.79 Å². The monoisotopic (exact) mass is 299 g/mol. The molecular formula is C16H21N5O. The van der Waals surface area contributed by atoms with Gasteiger partial charge in [0.15, 0.2) is 0 Å². The van der Waals surface area contributed by atoms with Crippen LogP contribution in [0.2, 0.25) is 0 Å². The van der Waals surface area contributed by atoms with Gasteiger partial charge in [0.1, 0.15) is 12.1 Å². The maximum atomic E-state index is 11.9. The molecule has 1 aromatic heterocycles. The fraction of sp³-hybridized carbons (Fsp3) is 0.438. The predicted octanol–water partition coefficient (Wildman–Crippen LogP) is 1.79. The van der Waals surface area contributed by atoms with E-state index in [0.29, 0.717) is 19.6 Å². The topological polar surface area (TPSA) is 61.4 Å². The number of fused-ring (bicyclic) bond motifs is 1. The first-order valence-corrected chi connectivity index (χ1v) is 7.68. The molecule has 0 radical (unpaired) electrons. The van der Waals surface area contributed by atoms with Gasteiger partial charge in [-0.05, 0) is 25.5 Å². The largest absolute Gasteiger partial charge is 0.352 e. The highest BCUT2D eigenvalue weighted by atomic mass is 16.2. The van der Waals surface area contributed by atoms with Crippen LogP contribution in [0.4, 0.5) is 10.6 Å². The van der Waals surface area contributed by atoms with Gasteiger partial charge in [-0.25, -0.2) is 14.8 Å². The van der Waals surface area contributed by atoms with Crippen molar-refractivity contribution >= 4 is 22.8 Å². The van der Waals surface area contributed by atoms with E-state index in [4.69, 9.17) is 0 Å². The summed E-state index contributed by atoms with van der Waals surface area (Å²) in [5.41, 5.74) is 2.15. The summed E-state index contributed by atoms with van der Waals surface area (Å²) < 4.78 is 0. The van der Waals surface area contributed by atoms with Gasteiger partial charge < -0.3 is 15.1 Å². The highest BCUT2D eigenvalue weighted by Crippen LogP contribution is 2.26. The predicted molar refractivity (Wildman–Crippen MR) is 87.1 cm³/mol. The van der Waals surface area contributed by atoms with E-state index in [1.807, 2.05) is 24.0 Å². The number of amides is 2. The van der Waals surface area contributed by atoms with E-state index in [1.54, 1.807) is 6.33 Å². The first kappa shape index (κ1) is 14.6. The summed E-state index contributed by atoms with van der Waals surface area (Å²) in [6.45, 7) is 7.68. The zero-order valence-electron chi connectivity index (χ0n) is 13.0. The van der Waals surface area contributed by atoms with Crippen LogP contribution in [-0.4, -0.2) is 53.6 Å². The second-order valence-electron chi connectivity index (χ2n) is 5.48. The maximum Gasteiger partial charge on any atom is 0.317 e. The van der Waals surface area contributed by atoms with Crippen molar-refractivity contribution in [2.75, 3.05) is 37.6 Å². The molecule has 1 saturated heterocycles. The summed E-state index contributed by atoms with van der Waals surface area (Å²) >= 11 is 0. The van der Waals surface area contributed by atoms with Crippen molar-refractivity contribution in [2.45, 2.75) is 13.8 Å². The second-order valence-corrected chi connectivity index (χ2v) is 5.48. The SMILES string of the molecule is CCNC(=O)N1CCN(c2ncnc3cccc(C)c23)CC1. The smallest absolute Gasteiger partial charge is 0.317 e. The molecule has 1 aliphatic rings. The lowest BCUT2D eigenvalue weighted by Crippen LogP contribution is -2.52. The zero-order chi connectivity index (χ0) is 15.5. The number of nitrogens with one attached hydrogen (secondary N) is 1. The molecule has 2 amide bonds. The fourth-order valence-corrected chi connectivity index (χ4v) is 2.89. The van der Waals surface area contributed by atoms with Crippen LogP contribution in [0.15, 0.2) is 24.5 Å². The van der Waals surface area contributed by atoms with E-state index in [-0.39, 0.29) is 6.03 Å². The van der Waals surface area contributed by atoms with Crippen LogP contribution in [-0.2, 0) is 0 Å². The Kier molecular flexibility index (Phi) is 4.09. The molecule has 2 aromatic rings. The number of nitrogens with zero attached hydrogens (tertiary/aromatic N) is 4. The van der Waals surface area contributed by atoms with Gasteiger partial charge in [-0.2, -0.15) is 0 Å². The van der Waals surface area contributed by atoms with Gasteiger partial charge in [0.05, 0.1) is 5.52 Å². The minimum Gasteiger partial charge on any atom is -0.352 e. The van der Waals surface area contributed by atoms with Crippen molar-refractivity contribution in [1.29, 1.82) is 0 Å². The molecule has 0 unspecified atom stereocenters. The lowest BCUT2D eigenvalue weighted by atomic mass is 10.1. The van der Waals surface area contributed by atoms with Gasteiger partial charge in [0.25, 0.3) is 0 Å². The molecule has 1 aromatic carbocycles. The van der Waals surface area contributed by atoms with Crippen LogP contribution >= 0.6 is 0 Å². The number of aryl methyl sites for hydroxylation is 1. The Morgan fingerprint density at radius 1 is 1.23 bits per heavy atom. The number of urea groups is 1. The van der Waals surface area contributed by atoms with Crippen LogP contribution in [0, 0.1) is 6.92 Å².